The summed E-state index contributed by atoms with van der Waals surface area (Å²) in [6.45, 7) is 0. The molecule has 3 N–H and O–H groups in total. The summed E-state index contributed by atoms with van der Waals surface area (Å²) in [4.78, 5) is 34.8. The SMILES string of the molecule is O=C(N[C@@H]1CC[C@H](C(=O)O)C1)c1ccc(NC(=O)C2CC2)cc1. The molecule has 23 heavy (non-hydrogen) atoms. The summed E-state index contributed by atoms with van der Waals surface area (Å²) in [6, 6.07) is 6.68. The largest absolute Gasteiger partial charge is 0.481 e. The van der Waals surface area contributed by atoms with Crippen molar-refractivity contribution in [2.75, 3.05) is 5.32 Å². The highest BCUT2D eigenvalue weighted by molar-refractivity contribution is 5.97. The van der Waals surface area contributed by atoms with Gasteiger partial charge in [0.1, 0.15) is 0 Å². The molecular formula is C17H20N2O4. The summed E-state index contributed by atoms with van der Waals surface area (Å²) in [6.07, 6.45) is 3.68. The molecule has 2 amide bonds. The van der Waals surface area contributed by atoms with E-state index < -0.39 is 5.97 Å². The summed E-state index contributed by atoms with van der Waals surface area (Å²) in [5.74, 6) is -1.19. The average Bonchev–Trinajstić information content (AvgIpc) is 3.28. The molecule has 0 bridgehead atoms. The van der Waals surface area contributed by atoms with E-state index in [-0.39, 0.29) is 29.7 Å². The molecule has 122 valence electrons. The first-order valence-electron chi connectivity index (χ1n) is 7.97. The maximum Gasteiger partial charge on any atom is 0.306 e. The quantitative estimate of drug-likeness (QED) is 0.774. The van der Waals surface area contributed by atoms with Crippen LogP contribution in [-0.4, -0.2) is 28.9 Å². The van der Waals surface area contributed by atoms with E-state index in [0.29, 0.717) is 30.5 Å². The van der Waals surface area contributed by atoms with Crippen molar-refractivity contribution in [3.8, 4) is 0 Å². The molecule has 0 saturated heterocycles. The van der Waals surface area contributed by atoms with Crippen LogP contribution in [0.1, 0.15) is 42.5 Å². The minimum Gasteiger partial charge on any atom is -0.481 e. The Balaban J connectivity index is 1.53. The number of carbonyl (C=O) groups is 3. The number of aliphatic carboxylic acids is 1. The Hall–Kier alpha value is -2.37. The minimum absolute atomic E-state index is 0.0351. The smallest absolute Gasteiger partial charge is 0.306 e. The van der Waals surface area contributed by atoms with Gasteiger partial charge < -0.3 is 15.7 Å². The summed E-state index contributed by atoms with van der Waals surface area (Å²) in [7, 11) is 0. The van der Waals surface area contributed by atoms with Gasteiger partial charge in [0.25, 0.3) is 5.91 Å². The molecule has 1 aromatic rings. The number of hydrogen-bond acceptors (Lipinski definition) is 3. The fourth-order valence-corrected chi connectivity index (χ4v) is 2.90. The van der Waals surface area contributed by atoms with Gasteiger partial charge in [-0.15, -0.1) is 0 Å². The topological polar surface area (TPSA) is 95.5 Å². The number of carboxylic acid groups (broad SMARTS) is 1. The molecule has 2 atom stereocenters. The Morgan fingerprint density at radius 1 is 0.957 bits per heavy atom. The maximum absolute atomic E-state index is 12.2. The summed E-state index contributed by atoms with van der Waals surface area (Å²) < 4.78 is 0. The predicted molar refractivity (Wildman–Crippen MR) is 84.0 cm³/mol. The molecular weight excluding hydrogens is 296 g/mol. The lowest BCUT2D eigenvalue weighted by molar-refractivity contribution is -0.141. The molecule has 0 spiro atoms. The van der Waals surface area contributed by atoms with Gasteiger partial charge in [-0.25, -0.2) is 0 Å². The van der Waals surface area contributed by atoms with Crippen molar-refractivity contribution in [1.29, 1.82) is 0 Å². The zero-order chi connectivity index (χ0) is 16.4. The number of hydrogen-bond donors (Lipinski definition) is 3. The van der Waals surface area contributed by atoms with Crippen LogP contribution in [0.4, 0.5) is 5.69 Å². The fraction of sp³-hybridized carbons (Fsp3) is 0.471. The molecule has 3 rings (SSSR count). The van der Waals surface area contributed by atoms with E-state index in [0.717, 1.165) is 12.8 Å². The van der Waals surface area contributed by atoms with Crippen LogP contribution in [-0.2, 0) is 9.59 Å². The Bertz CT molecular complexity index is 622. The lowest BCUT2D eigenvalue weighted by Gasteiger charge is -2.13. The standard InChI is InChI=1S/C17H20N2O4/c20-15(10-1-2-10)18-13-6-3-11(4-7-13)16(21)19-14-8-5-12(9-14)17(22)23/h3-4,6-7,10,12,14H,1-2,5,8-9H2,(H,18,20)(H,19,21)(H,22,23)/t12-,14+/m0/s1. The molecule has 2 aliphatic carbocycles. The molecule has 2 fully saturated rings. The monoisotopic (exact) mass is 316 g/mol. The molecule has 1 aromatic carbocycles. The van der Waals surface area contributed by atoms with Gasteiger partial charge in [0.15, 0.2) is 0 Å². The second-order valence-electron chi connectivity index (χ2n) is 6.36. The third kappa shape index (κ3) is 3.88. The van der Waals surface area contributed by atoms with Crippen molar-refractivity contribution in [3.05, 3.63) is 29.8 Å². The number of rotatable bonds is 5. The van der Waals surface area contributed by atoms with Crippen LogP contribution in [0, 0.1) is 11.8 Å². The molecule has 6 nitrogen and oxygen atoms in total. The van der Waals surface area contributed by atoms with Gasteiger partial charge in [0.05, 0.1) is 5.92 Å². The van der Waals surface area contributed by atoms with Gasteiger partial charge in [-0.2, -0.15) is 0 Å². The van der Waals surface area contributed by atoms with Gasteiger partial charge in [-0.3, -0.25) is 14.4 Å². The van der Waals surface area contributed by atoms with E-state index in [1.54, 1.807) is 24.3 Å². The third-order valence-electron chi connectivity index (χ3n) is 4.48. The van der Waals surface area contributed by atoms with E-state index in [1.165, 1.54) is 0 Å². The van der Waals surface area contributed by atoms with Crippen LogP contribution in [0.25, 0.3) is 0 Å². The fourth-order valence-electron chi connectivity index (χ4n) is 2.90. The van der Waals surface area contributed by atoms with Crippen LogP contribution >= 0.6 is 0 Å². The van der Waals surface area contributed by atoms with E-state index in [2.05, 4.69) is 10.6 Å². The predicted octanol–water partition coefficient (Wildman–Crippen LogP) is 2.02. The zero-order valence-electron chi connectivity index (χ0n) is 12.7. The lowest BCUT2D eigenvalue weighted by atomic mass is 10.1. The van der Waals surface area contributed by atoms with Crippen LogP contribution in [0.3, 0.4) is 0 Å². The summed E-state index contributed by atoms with van der Waals surface area (Å²) in [5.41, 5.74) is 1.19. The van der Waals surface area contributed by atoms with E-state index >= 15 is 0 Å². The van der Waals surface area contributed by atoms with E-state index in [4.69, 9.17) is 5.11 Å². The molecule has 0 radical (unpaired) electrons. The molecule has 0 unspecified atom stereocenters. The van der Waals surface area contributed by atoms with Crippen molar-refractivity contribution in [2.24, 2.45) is 11.8 Å². The highest BCUT2D eigenvalue weighted by atomic mass is 16.4. The average molecular weight is 316 g/mol. The molecule has 0 heterocycles. The highest BCUT2D eigenvalue weighted by Gasteiger charge is 2.31. The van der Waals surface area contributed by atoms with E-state index in [1.807, 2.05) is 0 Å². The van der Waals surface area contributed by atoms with Gasteiger partial charge in [-0.1, -0.05) is 0 Å². The third-order valence-corrected chi connectivity index (χ3v) is 4.48. The number of anilines is 1. The van der Waals surface area contributed by atoms with Crippen LogP contribution in [0.15, 0.2) is 24.3 Å². The van der Waals surface area contributed by atoms with Crippen LogP contribution < -0.4 is 10.6 Å². The molecule has 0 aromatic heterocycles. The van der Waals surface area contributed by atoms with Crippen LogP contribution in [0.2, 0.25) is 0 Å². The van der Waals surface area contributed by atoms with Crippen molar-refractivity contribution in [2.45, 2.75) is 38.1 Å². The number of benzene rings is 1. The molecule has 2 aliphatic rings. The Morgan fingerprint density at radius 3 is 2.17 bits per heavy atom. The first-order valence-corrected chi connectivity index (χ1v) is 7.97. The number of carboxylic acids is 1. The minimum atomic E-state index is -0.794. The molecule has 6 heteroatoms. The summed E-state index contributed by atoms with van der Waals surface area (Å²) >= 11 is 0. The van der Waals surface area contributed by atoms with Crippen molar-refractivity contribution in [3.63, 3.8) is 0 Å². The highest BCUT2D eigenvalue weighted by Crippen LogP contribution is 2.30. The van der Waals surface area contributed by atoms with Gasteiger partial charge >= 0.3 is 5.97 Å². The first-order chi connectivity index (χ1) is 11.0. The van der Waals surface area contributed by atoms with Gasteiger partial charge in [-0.05, 0) is 56.4 Å². The number of carbonyl (C=O) groups excluding carboxylic acids is 2. The van der Waals surface area contributed by atoms with Gasteiger partial charge in [0, 0.05) is 23.2 Å². The second-order valence-corrected chi connectivity index (χ2v) is 6.36. The first kappa shape index (κ1) is 15.5. The lowest BCUT2D eigenvalue weighted by Crippen LogP contribution is -2.33. The maximum atomic E-state index is 12.2. The van der Waals surface area contributed by atoms with Crippen molar-refractivity contribution < 1.29 is 19.5 Å². The molecule has 2 saturated carbocycles. The zero-order valence-corrected chi connectivity index (χ0v) is 12.7. The Labute approximate surface area is 134 Å². The number of amides is 2. The van der Waals surface area contributed by atoms with Crippen molar-refractivity contribution in [1.82, 2.24) is 5.32 Å². The second kappa shape index (κ2) is 6.40. The normalized spacial score (nSPS) is 23.3. The summed E-state index contributed by atoms with van der Waals surface area (Å²) in [5, 5.41) is 14.7. The number of nitrogens with one attached hydrogen (secondary N) is 2. The van der Waals surface area contributed by atoms with E-state index in [9.17, 15) is 14.4 Å². The van der Waals surface area contributed by atoms with Gasteiger partial charge in [0.2, 0.25) is 5.91 Å². The molecule has 0 aliphatic heterocycles. The Kier molecular flexibility index (Phi) is 4.32. The van der Waals surface area contributed by atoms with Crippen LogP contribution in [0.5, 0.6) is 0 Å². The Morgan fingerprint density at radius 2 is 1.61 bits per heavy atom. The van der Waals surface area contributed by atoms with Crippen molar-refractivity contribution >= 4 is 23.5 Å².